The predicted octanol–water partition coefficient (Wildman–Crippen LogP) is 6.17. The Bertz CT molecular complexity index is 1500. The maximum absolute atomic E-state index is 13.1. The SMILES string of the molecule is CCc1ccc(S(=O)(=O)N=C2SC(=Cc3ccc(OCc4ccccc4Cl)c(OC)c3)C(=O)N2CC)cc1. The highest BCUT2D eigenvalue weighted by Gasteiger charge is 2.34. The zero-order chi connectivity index (χ0) is 27.3. The zero-order valence-corrected chi connectivity index (χ0v) is 23.6. The minimum atomic E-state index is -3.98. The Balaban J connectivity index is 1.57. The molecule has 3 aromatic carbocycles. The van der Waals surface area contributed by atoms with Crippen LogP contribution in [0.4, 0.5) is 0 Å². The molecule has 1 heterocycles. The second-order valence-corrected chi connectivity index (χ2v) is 11.3. The van der Waals surface area contributed by atoms with Crippen molar-refractivity contribution in [3.63, 3.8) is 0 Å². The molecule has 1 saturated heterocycles. The number of halogens is 1. The van der Waals surface area contributed by atoms with Crippen LogP contribution < -0.4 is 9.47 Å². The van der Waals surface area contributed by atoms with Crippen molar-refractivity contribution in [2.75, 3.05) is 13.7 Å². The number of nitrogens with zero attached hydrogens (tertiary/aromatic N) is 2. The number of rotatable bonds is 9. The Kier molecular flexibility index (Phi) is 8.81. The maximum atomic E-state index is 13.1. The molecule has 1 amide bonds. The van der Waals surface area contributed by atoms with E-state index in [0.717, 1.165) is 29.3 Å². The van der Waals surface area contributed by atoms with Gasteiger partial charge in [-0.15, -0.1) is 4.40 Å². The monoisotopic (exact) mass is 570 g/mol. The van der Waals surface area contributed by atoms with Gasteiger partial charge in [-0.3, -0.25) is 9.69 Å². The molecule has 0 atom stereocenters. The minimum Gasteiger partial charge on any atom is -0.493 e. The Hall–Kier alpha value is -3.27. The number of methoxy groups -OCH3 is 1. The van der Waals surface area contributed by atoms with E-state index in [1.807, 2.05) is 25.1 Å². The molecule has 1 aliphatic rings. The number of carbonyl (C=O) groups is 1. The first-order valence-electron chi connectivity index (χ1n) is 11.9. The van der Waals surface area contributed by atoms with E-state index < -0.39 is 10.0 Å². The van der Waals surface area contributed by atoms with Crippen molar-refractivity contribution in [1.82, 2.24) is 4.90 Å². The molecule has 0 spiro atoms. The van der Waals surface area contributed by atoms with Gasteiger partial charge in [-0.05, 0) is 72.6 Å². The van der Waals surface area contributed by atoms with Crippen LogP contribution in [0.25, 0.3) is 6.08 Å². The first-order valence-corrected chi connectivity index (χ1v) is 14.6. The molecule has 0 aliphatic carbocycles. The topological polar surface area (TPSA) is 85.3 Å². The molecule has 0 aromatic heterocycles. The number of ether oxygens (including phenoxy) is 2. The van der Waals surface area contributed by atoms with Gasteiger partial charge in [0, 0.05) is 17.1 Å². The third-order valence-electron chi connectivity index (χ3n) is 5.86. The summed E-state index contributed by atoms with van der Waals surface area (Å²) < 4.78 is 41.3. The summed E-state index contributed by atoms with van der Waals surface area (Å²) in [5, 5.41) is 0.734. The number of carbonyl (C=O) groups excluding carboxylic acids is 1. The van der Waals surface area contributed by atoms with Crippen molar-refractivity contribution < 1.29 is 22.7 Å². The molecule has 4 rings (SSSR count). The summed E-state index contributed by atoms with van der Waals surface area (Å²) in [7, 11) is -2.45. The summed E-state index contributed by atoms with van der Waals surface area (Å²) in [5.41, 5.74) is 2.56. The Labute approximate surface area is 232 Å². The zero-order valence-electron chi connectivity index (χ0n) is 21.2. The van der Waals surface area contributed by atoms with Crippen molar-refractivity contribution in [1.29, 1.82) is 0 Å². The fraction of sp³-hybridized carbons (Fsp3) is 0.214. The number of thioether (sulfide) groups is 1. The third kappa shape index (κ3) is 6.23. The summed E-state index contributed by atoms with van der Waals surface area (Å²) in [6.45, 7) is 4.32. The molecule has 0 N–H and O–H groups in total. The standard InChI is InChI=1S/C28H27ClN2O5S2/c1-4-19-10-13-22(14-11-19)38(33,34)30-28-31(5-2)27(32)26(37-28)17-20-12-15-24(25(16-20)35-3)36-18-21-8-6-7-9-23(21)29/h6-17H,4-5,18H2,1-3H3. The largest absolute Gasteiger partial charge is 0.493 e. The molecule has 3 aromatic rings. The molecular formula is C28H27ClN2O5S2. The highest BCUT2D eigenvalue weighted by Crippen LogP contribution is 2.36. The fourth-order valence-corrected chi connectivity index (χ4v) is 6.16. The molecule has 1 aliphatic heterocycles. The van der Waals surface area contributed by atoms with Gasteiger partial charge in [0.2, 0.25) is 0 Å². The van der Waals surface area contributed by atoms with E-state index in [1.165, 1.54) is 24.1 Å². The number of sulfonamides is 1. The Morgan fingerprint density at radius 3 is 2.42 bits per heavy atom. The van der Waals surface area contributed by atoms with Gasteiger partial charge >= 0.3 is 0 Å². The van der Waals surface area contributed by atoms with E-state index in [-0.39, 0.29) is 29.1 Å². The van der Waals surface area contributed by atoms with E-state index in [0.29, 0.717) is 27.0 Å². The predicted molar refractivity (Wildman–Crippen MR) is 152 cm³/mol. The molecule has 1 fully saturated rings. The number of hydrogen-bond acceptors (Lipinski definition) is 6. The lowest BCUT2D eigenvalue weighted by Crippen LogP contribution is -2.29. The lowest BCUT2D eigenvalue weighted by molar-refractivity contribution is -0.122. The number of likely N-dealkylation sites (N-methyl/N-ethyl adjacent to an activating group) is 1. The molecule has 0 radical (unpaired) electrons. The van der Waals surface area contributed by atoms with E-state index in [4.69, 9.17) is 21.1 Å². The van der Waals surface area contributed by atoms with Gasteiger partial charge in [-0.25, -0.2) is 0 Å². The maximum Gasteiger partial charge on any atom is 0.284 e. The molecular weight excluding hydrogens is 544 g/mol. The molecule has 7 nitrogen and oxygen atoms in total. The smallest absolute Gasteiger partial charge is 0.284 e. The van der Waals surface area contributed by atoms with Crippen molar-refractivity contribution in [3.05, 3.63) is 93.3 Å². The molecule has 0 bridgehead atoms. The van der Waals surface area contributed by atoms with Gasteiger partial charge in [0.1, 0.15) is 6.61 Å². The average Bonchev–Trinajstić information content (AvgIpc) is 3.21. The summed E-state index contributed by atoms with van der Waals surface area (Å²) in [6.07, 6.45) is 2.48. The molecule has 38 heavy (non-hydrogen) atoms. The van der Waals surface area contributed by atoms with E-state index in [2.05, 4.69) is 4.40 Å². The van der Waals surface area contributed by atoms with Crippen molar-refractivity contribution in [3.8, 4) is 11.5 Å². The second kappa shape index (κ2) is 12.1. The van der Waals surface area contributed by atoms with Crippen LogP contribution in [0.15, 0.2) is 80.9 Å². The van der Waals surface area contributed by atoms with Gasteiger partial charge in [0.25, 0.3) is 15.9 Å². The number of amidine groups is 1. The van der Waals surface area contributed by atoms with E-state index in [1.54, 1.807) is 49.4 Å². The van der Waals surface area contributed by atoms with Crippen LogP contribution in [0.3, 0.4) is 0 Å². The lowest BCUT2D eigenvalue weighted by Gasteiger charge is -2.12. The van der Waals surface area contributed by atoms with Crippen LogP contribution >= 0.6 is 23.4 Å². The first kappa shape index (κ1) is 27.8. The third-order valence-corrected chi connectivity index (χ3v) is 8.63. The molecule has 10 heteroatoms. The van der Waals surface area contributed by atoms with E-state index >= 15 is 0 Å². The van der Waals surface area contributed by atoms with Gasteiger partial charge in [-0.2, -0.15) is 8.42 Å². The highest BCUT2D eigenvalue weighted by atomic mass is 35.5. The number of aryl methyl sites for hydroxylation is 1. The average molecular weight is 571 g/mol. The van der Waals surface area contributed by atoms with Crippen LogP contribution in [-0.2, 0) is 27.8 Å². The second-order valence-electron chi connectivity index (χ2n) is 8.30. The van der Waals surface area contributed by atoms with Crippen LogP contribution in [0.2, 0.25) is 5.02 Å². The first-order chi connectivity index (χ1) is 18.2. The minimum absolute atomic E-state index is 0.0841. The van der Waals surface area contributed by atoms with E-state index in [9.17, 15) is 13.2 Å². The lowest BCUT2D eigenvalue weighted by atomic mass is 10.1. The van der Waals surface area contributed by atoms with Crippen molar-refractivity contribution >= 4 is 50.5 Å². The highest BCUT2D eigenvalue weighted by molar-refractivity contribution is 8.19. The Morgan fingerprint density at radius 2 is 1.76 bits per heavy atom. The number of benzene rings is 3. The molecule has 198 valence electrons. The normalized spacial score (nSPS) is 15.9. The quantitative estimate of drug-likeness (QED) is 0.286. The van der Waals surface area contributed by atoms with Crippen LogP contribution in [0.5, 0.6) is 11.5 Å². The van der Waals surface area contributed by atoms with Crippen molar-refractivity contribution in [2.24, 2.45) is 4.40 Å². The van der Waals surface area contributed by atoms with Crippen LogP contribution in [0.1, 0.15) is 30.5 Å². The summed E-state index contributed by atoms with van der Waals surface area (Å²) in [5.74, 6) is 0.699. The van der Waals surface area contributed by atoms with Gasteiger partial charge in [0.15, 0.2) is 16.7 Å². The van der Waals surface area contributed by atoms with Gasteiger partial charge < -0.3 is 9.47 Å². The number of amides is 1. The summed E-state index contributed by atoms with van der Waals surface area (Å²) in [4.78, 5) is 14.9. The summed E-state index contributed by atoms with van der Waals surface area (Å²) >= 11 is 7.24. The fourth-order valence-electron chi connectivity index (χ4n) is 3.72. The number of hydrogen-bond donors (Lipinski definition) is 0. The van der Waals surface area contributed by atoms with Crippen LogP contribution in [-0.4, -0.2) is 38.0 Å². The molecule has 0 saturated carbocycles. The molecule has 0 unspecified atom stereocenters. The van der Waals surface area contributed by atoms with Crippen molar-refractivity contribution in [2.45, 2.75) is 31.8 Å². The Morgan fingerprint density at radius 1 is 1.03 bits per heavy atom. The van der Waals surface area contributed by atoms with Gasteiger partial charge in [0.05, 0.1) is 16.9 Å². The van der Waals surface area contributed by atoms with Gasteiger partial charge in [-0.1, -0.05) is 54.9 Å². The summed E-state index contributed by atoms with van der Waals surface area (Å²) in [6, 6.07) is 19.3. The van der Waals surface area contributed by atoms with Crippen LogP contribution in [0, 0.1) is 0 Å².